The highest BCUT2D eigenvalue weighted by atomic mass is 16.5. The Hall–Kier alpha value is -1.55. The molecule has 1 aliphatic heterocycles. The predicted molar refractivity (Wildman–Crippen MR) is 70.5 cm³/mol. The van der Waals surface area contributed by atoms with Crippen LogP contribution in [0, 0.1) is 0 Å². The second kappa shape index (κ2) is 6.40. The molecule has 1 fully saturated rings. The molecule has 4 nitrogen and oxygen atoms in total. The minimum absolute atomic E-state index is 0.0755. The molecule has 4 heteroatoms. The highest BCUT2D eigenvalue weighted by Gasteiger charge is 2.21. The van der Waals surface area contributed by atoms with E-state index in [0.717, 1.165) is 30.7 Å². The molecule has 1 heterocycles. The maximum Gasteiger partial charge on any atom is 0.237 e. The minimum atomic E-state index is -0.0755. The van der Waals surface area contributed by atoms with Gasteiger partial charge in [0.05, 0.1) is 12.6 Å². The number of carbonyl (C=O) groups is 1. The number of ether oxygens (including phenoxy) is 1. The topological polar surface area (TPSA) is 50.4 Å². The van der Waals surface area contributed by atoms with Crippen LogP contribution < -0.4 is 15.4 Å². The molecular formula is C14H20N2O2. The van der Waals surface area contributed by atoms with Crippen LogP contribution in [0.4, 0.5) is 0 Å². The van der Waals surface area contributed by atoms with E-state index in [0.29, 0.717) is 13.2 Å². The van der Waals surface area contributed by atoms with Gasteiger partial charge in [-0.05, 0) is 25.8 Å². The van der Waals surface area contributed by atoms with E-state index in [2.05, 4.69) is 10.6 Å². The molecule has 1 amide bonds. The molecule has 18 heavy (non-hydrogen) atoms. The first-order valence-electron chi connectivity index (χ1n) is 6.53. The maximum absolute atomic E-state index is 11.6. The van der Waals surface area contributed by atoms with Crippen LogP contribution in [-0.4, -0.2) is 25.1 Å². The van der Waals surface area contributed by atoms with Gasteiger partial charge < -0.3 is 15.4 Å². The largest absolute Gasteiger partial charge is 0.494 e. The number of carbonyl (C=O) groups excluding carboxylic acids is 1. The fraction of sp³-hybridized carbons (Fsp3) is 0.500. The van der Waals surface area contributed by atoms with E-state index in [1.54, 1.807) is 0 Å². The van der Waals surface area contributed by atoms with Crippen LogP contribution in [0.5, 0.6) is 5.75 Å². The van der Waals surface area contributed by atoms with Crippen LogP contribution in [0.2, 0.25) is 0 Å². The maximum atomic E-state index is 11.6. The van der Waals surface area contributed by atoms with Crippen LogP contribution in [0.1, 0.15) is 25.3 Å². The van der Waals surface area contributed by atoms with Crippen molar-refractivity contribution in [3.8, 4) is 5.75 Å². The van der Waals surface area contributed by atoms with Gasteiger partial charge in [0.2, 0.25) is 5.91 Å². The highest BCUT2D eigenvalue weighted by molar-refractivity contribution is 5.82. The second-order valence-corrected chi connectivity index (χ2v) is 4.41. The molecule has 98 valence electrons. The van der Waals surface area contributed by atoms with Crippen LogP contribution >= 0.6 is 0 Å². The molecule has 1 aromatic rings. The Morgan fingerprint density at radius 2 is 2.28 bits per heavy atom. The normalized spacial score (nSPS) is 19.4. The average Bonchev–Trinajstić information content (AvgIpc) is 2.40. The van der Waals surface area contributed by atoms with Crippen molar-refractivity contribution in [1.29, 1.82) is 0 Å². The van der Waals surface area contributed by atoms with Gasteiger partial charge in [-0.2, -0.15) is 0 Å². The van der Waals surface area contributed by atoms with Gasteiger partial charge in [0.1, 0.15) is 5.75 Å². The van der Waals surface area contributed by atoms with Gasteiger partial charge >= 0.3 is 0 Å². The lowest BCUT2D eigenvalue weighted by molar-refractivity contribution is -0.124. The zero-order chi connectivity index (χ0) is 12.8. The Morgan fingerprint density at radius 1 is 1.44 bits per heavy atom. The fourth-order valence-corrected chi connectivity index (χ4v) is 2.15. The quantitative estimate of drug-likeness (QED) is 0.829. The van der Waals surface area contributed by atoms with Crippen molar-refractivity contribution in [1.82, 2.24) is 10.6 Å². The highest BCUT2D eigenvalue weighted by Crippen LogP contribution is 2.18. The molecule has 0 spiro atoms. The first kappa shape index (κ1) is 12.9. The fourth-order valence-electron chi connectivity index (χ4n) is 2.15. The van der Waals surface area contributed by atoms with Crippen molar-refractivity contribution in [2.75, 3.05) is 13.2 Å². The Bertz CT molecular complexity index is 407. The zero-order valence-corrected chi connectivity index (χ0v) is 10.7. The second-order valence-electron chi connectivity index (χ2n) is 4.41. The van der Waals surface area contributed by atoms with Crippen molar-refractivity contribution < 1.29 is 9.53 Å². The van der Waals surface area contributed by atoms with E-state index in [1.807, 2.05) is 31.2 Å². The molecular weight excluding hydrogens is 228 g/mol. The molecule has 1 saturated heterocycles. The van der Waals surface area contributed by atoms with Crippen molar-refractivity contribution in [3.63, 3.8) is 0 Å². The van der Waals surface area contributed by atoms with E-state index in [4.69, 9.17) is 4.74 Å². The van der Waals surface area contributed by atoms with Gasteiger partial charge in [0.15, 0.2) is 0 Å². The first-order chi connectivity index (χ1) is 8.81. The third-order valence-corrected chi connectivity index (χ3v) is 3.10. The van der Waals surface area contributed by atoms with E-state index in [-0.39, 0.29) is 11.9 Å². The number of amides is 1. The lowest BCUT2D eigenvalue weighted by Crippen LogP contribution is -2.47. The molecule has 0 aromatic heterocycles. The van der Waals surface area contributed by atoms with Crippen molar-refractivity contribution in [3.05, 3.63) is 29.8 Å². The lowest BCUT2D eigenvalue weighted by Gasteiger charge is -2.23. The molecule has 0 aliphatic carbocycles. The van der Waals surface area contributed by atoms with Crippen molar-refractivity contribution >= 4 is 5.91 Å². The molecule has 1 atom stereocenters. The summed E-state index contributed by atoms with van der Waals surface area (Å²) in [6, 6.07) is 7.86. The van der Waals surface area contributed by atoms with Crippen LogP contribution in [0.3, 0.4) is 0 Å². The number of nitrogens with one attached hydrogen (secondary N) is 2. The van der Waals surface area contributed by atoms with Gasteiger partial charge in [-0.1, -0.05) is 18.2 Å². The Morgan fingerprint density at radius 3 is 3.06 bits per heavy atom. The minimum Gasteiger partial charge on any atom is -0.494 e. The molecule has 0 bridgehead atoms. The number of para-hydroxylation sites is 1. The van der Waals surface area contributed by atoms with Crippen LogP contribution in [0.25, 0.3) is 0 Å². The van der Waals surface area contributed by atoms with E-state index in [9.17, 15) is 4.79 Å². The Kier molecular flexibility index (Phi) is 4.59. The summed E-state index contributed by atoms with van der Waals surface area (Å²) in [7, 11) is 0. The number of hydrogen-bond donors (Lipinski definition) is 2. The SMILES string of the molecule is CCOc1ccccc1CNC1CCCNC1=O. The summed E-state index contributed by atoms with van der Waals surface area (Å²) >= 11 is 0. The third kappa shape index (κ3) is 3.23. The van der Waals surface area contributed by atoms with Crippen molar-refractivity contribution in [2.45, 2.75) is 32.4 Å². The summed E-state index contributed by atoms with van der Waals surface area (Å²) in [4.78, 5) is 11.6. The number of benzene rings is 1. The van der Waals surface area contributed by atoms with Crippen LogP contribution in [0.15, 0.2) is 24.3 Å². The predicted octanol–water partition coefficient (Wildman–Crippen LogP) is 1.45. The molecule has 0 saturated carbocycles. The summed E-state index contributed by atoms with van der Waals surface area (Å²) in [5, 5.41) is 6.17. The number of rotatable bonds is 5. The van der Waals surface area contributed by atoms with Crippen LogP contribution in [-0.2, 0) is 11.3 Å². The molecule has 1 aliphatic rings. The molecule has 1 unspecified atom stereocenters. The van der Waals surface area contributed by atoms with Gasteiger partial charge in [0.25, 0.3) is 0 Å². The van der Waals surface area contributed by atoms with Gasteiger partial charge in [-0.3, -0.25) is 4.79 Å². The summed E-state index contributed by atoms with van der Waals surface area (Å²) in [6.45, 7) is 4.08. The summed E-state index contributed by atoms with van der Waals surface area (Å²) < 4.78 is 5.56. The third-order valence-electron chi connectivity index (χ3n) is 3.10. The smallest absolute Gasteiger partial charge is 0.237 e. The van der Waals surface area contributed by atoms with Gasteiger partial charge in [-0.25, -0.2) is 0 Å². The summed E-state index contributed by atoms with van der Waals surface area (Å²) in [5.41, 5.74) is 1.10. The van der Waals surface area contributed by atoms with E-state index in [1.165, 1.54) is 0 Å². The zero-order valence-electron chi connectivity index (χ0n) is 10.7. The van der Waals surface area contributed by atoms with Crippen molar-refractivity contribution in [2.24, 2.45) is 0 Å². The Balaban J connectivity index is 1.94. The Labute approximate surface area is 108 Å². The lowest BCUT2D eigenvalue weighted by atomic mass is 10.1. The van der Waals surface area contributed by atoms with Gasteiger partial charge in [-0.15, -0.1) is 0 Å². The van der Waals surface area contributed by atoms with E-state index >= 15 is 0 Å². The number of piperidine rings is 1. The average molecular weight is 248 g/mol. The first-order valence-corrected chi connectivity index (χ1v) is 6.53. The summed E-state index contributed by atoms with van der Waals surface area (Å²) in [6.07, 6.45) is 1.94. The van der Waals surface area contributed by atoms with E-state index < -0.39 is 0 Å². The molecule has 0 radical (unpaired) electrons. The molecule has 2 rings (SSSR count). The van der Waals surface area contributed by atoms with Gasteiger partial charge in [0, 0.05) is 18.7 Å². The monoisotopic (exact) mass is 248 g/mol. The number of hydrogen-bond acceptors (Lipinski definition) is 3. The molecule has 1 aromatic carbocycles. The molecule has 2 N–H and O–H groups in total. The standard InChI is InChI=1S/C14H20N2O2/c1-2-18-13-8-4-3-6-11(13)10-16-12-7-5-9-15-14(12)17/h3-4,6,8,12,16H,2,5,7,9-10H2,1H3,(H,15,17). The summed E-state index contributed by atoms with van der Waals surface area (Å²) in [5.74, 6) is 0.999.